The molecule has 2 atom stereocenters. The monoisotopic (exact) mass is 290 g/mol. The number of nitrogen functional groups attached to an aromatic ring is 1. The van der Waals surface area contributed by atoms with Crippen molar-refractivity contribution in [3.63, 3.8) is 0 Å². The molecule has 0 aromatic carbocycles. The first-order valence-electron chi connectivity index (χ1n) is 6.70. The molecule has 106 valence electrons. The molecule has 1 fully saturated rings. The van der Waals surface area contributed by atoms with Gasteiger partial charge in [0.05, 0.1) is 24.3 Å². The summed E-state index contributed by atoms with van der Waals surface area (Å²) < 4.78 is 10.0. The smallest absolute Gasteiger partial charge is 0.147 e. The van der Waals surface area contributed by atoms with Crippen LogP contribution in [-0.4, -0.2) is 34.7 Å². The van der Waals surface area contributed by atoms with Gasteiger partial charge in [0.2, 0.25) is 0 Å². The summed E-state index contributed by atoms with van der Waals surface area (Å²) in [5.74, 6) is 0.586. The lowest BCUT2D eigenvalue weighted by atomic mass is 10.1. The van der Waals surface area contributed by atoms with Crippen LogP contribution in [0.3, 0.4) is 0 Å². The van der Waals surface area contributed by atoms with E-state index in [2.05, 4.69) is 28.1 Å². The zero-order valence-electron chi connectivity index (χ0n) is 11.6. The number of rotatable bonds is 2. The highest BCUT2D eigenvalue weighted by Crippen LogP contribution is 2.40. The number of hydrogen-bond donors (Lipinski definition) is 1. The molecule has 2 unspecified atom stereocenters. The second-order valence-electron chi connectivity index (χ2n) is 5.13. The summed E-state index contributed by atoms with van der Waals surface area (Å²) in [6.07, 6.45) is 3.78. The van der Waals surface area contributed by atoms with Crippen molar-refractivity contribution in [3.8, 4) is 11.1 Å². The highest BCUT2D eigenvalue weighted by Gasteiger charge is 2.28. The molecular formula is C14H18N4OS. The third-order valence-corrected chi connectivity index (χ3v) is 4.44. The van der Waals surface area contributed by atoms with Crippen molar-refractivity contribution in [2.45, 2.75) is 26.0 Å². The zero-order chi connectivity index (χ0) is 14.1. The quantitative estimate of drug-likeness (QED) is 0.920. The topological polar surface area (TPSA) is 64.3 Å². The minimum atomic E-state index is 0.222. The minimum absolute atomic E-state index is 0.222. The largest absolute Gasteiger partial charge is 0.382 e. The number of nitrogens with two attached hydrogens (primary N) is 1. The van der Waals surface area contributed by atoms with E-state index in [9.17, 15) is 0 Å². The third kappa shape index (κ3) is 2.36. The Morgan fingerprint density at radius 3 is 2.85 bits per heavy atom. The minimum Gasteiger partial charge on any atom is -0.382 e. The molecule has 0 aliphatic carbocycles. The molecule has 1 aliphatic heterocycles. The van der Waals surface area contributed by atoms with Crippen molar-refractivity contribution >= 4 is 22.4 Å². The van der Waals surface area contributed by atoms with Gasteiger partial charge in [0.1, 0.15) is 10.8 Å². The Morgan fingerprint density at radius 2 is 2.10 bits per heavy atom. The van der Waals surface area contributed by atoms with Crippen LogP contribution in [0.15, 0.2) is 24.5 Å². The molecule has 20 heavy (non-hydrogen) atoms. The fourth-order valence-electron chi connectivity index (χ4n) is 2.47. The fourth-order valence-corrected chi connectivity index (χ4v) is 3.41. The van der Waals surface area contributed by atoms with Gasteiger partial charge >= 0.3 is 0 Å². The molecule has 2 aromatic rings. The van der Waals surface area contributed by atoms with Gasteiger partial charge in [0.25, 0.3) is 0 Å². The van der Waals surface area contributed by atoms with E-state index in [1.807, 2.05) is 12.1 Å². The summed E-state index contributed by atoms with van der Waals surface area (Å²) in [7, 11) is 0. The third-order valence-electron chi connectivity index (χ3n) is 3.54. The highest BCUT2D eigenvalue weighted by atomic mass is 32.1. The number of ether oxygens (including phenoxy) is 1. The van der Waals surface area contributed by atoms with Gasteiger partial charge in [-0.15, -0.1) is 0 Å². The average molecular weight is 290 g/mol. The van der Waals surface area contributed by atoms with E-state index in [1.54, 1.807) is 12.4 Å². The number of morpholine rings is 1. The predicted molar refractivity (Wildman–Crippen MR) is 82.0 cm³/mol. The first-order chi connectivity index (χ1) is 9.66. The highest BCUT2D eigenvalue weighted by molar-refractivity contribution is 7.11. The molecule has 1 saturated heterocycles. The van der Waals surface area contributed by atoms with Gasteiger partial charge in [-0.25, -0.2) is 0 Å². The van der Waals surface area contributed by atoms with Crippen molar-refractivity contribution in [3.05, 3.63) is 24.5 Å². The van der Waals surface area contributed by atoms with Gasteiger partial charge in [-0.3, -0.25) is 4.98 Å². The Bertz CT molecular complexity index is 586. The van der Waals surface area contributed by atoms with Crippen LogP contribution in [0, 0.1) is 0 Å². The maximum Gasteiger partial charge on any atom is 0.147 e. The molecule has 0 radical (unpaired) electrons. The van der Waals surface area contributed by atoms with Crippen LogP contribution >= 0.6 is 11.5 Å². The molecule has 2 aromatic heterocycles. The molecule has 6 heteroatoms. The van der Waals surface area contributed by atoms with Gasteiger partial charge in [-0.05, 0) is 43.1 Å². The molecule has 3 rings (SSSR count). The van der Waals surface area contributed by atoms with Crippen LogP contribution in [-0.2, 0) is 4.74 Å². The van der Waals surface area contributed by atoms with Crippen LogP contribution in [0.2, 0.25) is 0 Å². The van der Waals surface area contributed by atoms with E-state index < -0.39 is 0 Å². The van der Waals surface area contributed by atoms with Crippen LogP contribution in [0.4, 0.5) is 10.8 Å². The molecule has 0 saturated carbocycles. The van der Waals surface area contributed by atoms with Crippen molar-refractivity contribution in [1.82, 2.24) is 9.36 Å². The van der Waals surface area contributed by atoms with Crippen LogP contribution < -0.4 is 10.6 Å². The van der Waals surface area contributed by atoms with E-state index in [-0.39, 0.29) is 6.10 Å². The molecular weight excluding hydrogens is 272 g/mol. The first-order valence-corrected chi connectivity index (χ1v) is 7.48. The van der Waals surface area contributed by atoms with Crippen molar-refractivity contribution in [2.24, 2.45) is 0 Å². The van der Waals surface area contributed by atoms with E-state index in [4.69, 9.17) is 10.5 Å². The number of aromatic nitrogens is 2. The lowest BCUT2D eigenvalue weighted by molar-refractivity contribution is 0.0347. The van der Waals surface area contributed by atoms with Crippen LogP contribution in [0.5, 0.6) is 0 Å². The summed E-state index contributed by atoms with van der Waals surface area (Å²) in [6, 6.07) is 4.27. The lowest BCUT2D eigenvalue weighted by Gasteiger charge is -2.37. The second kappa shape index (κ2) is 5.38. The Morgan fingerprint density at radius 1 is 1.35 bits per heavy atom. The van der Waals surface area contributed by atoms with E-state index >= 15 is 0 Å². The molecule has 1 aliphatic rings. The zero-order valence-corrected chi connectivity index (χ0v) is 12.4. The Balaban J connectivity index is 2.02. The van der Waals surface area contributed by atoms with Gasteiger partial charge < -0.3 is 15.4 Å². The fraction of sp³-hybridized carbons (Fsp3) is 0.429. The molecule has 0 amide bonds. The van der Waals surface area contributed by atoms with Gasteiger partial charge in [-0.1, -0.05) is 0 Å². The summed E-state index contributed by atoms with van der Waals surface area (Å²) in [5, 5.41) is 1.12. The summed E-state index contributed by atoms with van der Waals surface area (Å²) in [4.78, 5) is 6.41. The van der Waals surface area contributed by atoms with Crippen LogP contribution in [0.1, 0.15) is 13.8 Å². The Kier molecular flexibility index (Phi) is 3.58. The number of anilines is 2. The van der Waals surface area contributed by atoms with Crippen LogP contribution in [0.25, 0.3) is 11.1 Å². The summed E-state index contributed by atoms with van der Waals surface area (Å²) in [6.45, 7) is 5.85. The van der Waals surface area contributed by atoms with Crippen molar-refractivity contribution in [2.75, 3.05) is 23.8 Å². The normalized spacial score (nSPS) is 23.0. The van der Waals surface area contributed by atoms with Gasteiger partial charge in [0, 0.05) is 18.9 Å². The maximum atomic E-state index is 6.08. The molecule has 0 bridgehead atoms. The molecule has 0 spiro atoms. The standard InChI is InChI=1S/C14H18N4OS/c1-9-8-19-10(2)7-18(9)14-12(13(15)17-20-14)11-3-5-16-6-4-11/h3-6,9-10H,7-8H2,1-2H3,(H2,15,17). The van der Waals surface area contributed by atoms with E-state index in [1.165, 1.54) is 11.5 Å². The Labute approximate surface area is 122 Å². The molecule has 3 heterocycles. The molecule has 5 nitrogen and oxygen atoms in total. The number of nitrogens with zero attached hydrogens (tertiary/aromatic N) is 3. The average Bonchev–Trinajstić information content (AvgIpc) is 2.84. The number of pyridine rings is 1. The van der Waals surface area contributed by atoms with Gasteiger partial charge in [0.15, 0.2) is 0 Å². The second-order valence-corrected chi connectivity index (χ2v) is 5.88. The van der Waals surface area contributed by atoms with Crippen molar-refractivity contribution in [1.29, 1.82) is 0 Å². The van der Waals surface area contributed by atoms with Gasteiger partial charge in [-0.2, -0.15) is 4.37 Å². The first kappa shape index (κ1) is 13.3. The summed E-state index contributed by atoms with van der Waals surface area (Å²) in [5.41, 5.74) is 8.16. The predicted octanol–water partition coefficient (Wildman–Crippen LogP) is 2.40. The SMILES string of the molecule is CC1CN(c2snc(N)c2-c2ccncc2)C(C)CO1. The van der Waals surface area contributed by atoms with Crippen molar-refractivity contribution < 1.29 is 4.74 Å². The summed E-state index contributed by atoms with van der Waals surface area (Å²) >= 11 is 1.46. The number of hydrogen-bond acceptors (Lipinski definition) is 6. The lowest BCUT2D eigenvalue weighted by Crippen LogP contribution is -2.47. The Hall–Kier alpha value is -1.66. The molecule has 2 N–H and O–H groups in total. The maximum absolute atomic E-state index is 6.08. The van der Waals surface area contributed by atoms with E-state index in [0.717, 1.165) is 29.3 Å². The van der Waals surface area contributed by atoms with E-state index in [0.29, 0.717) is 11.9 Å².